The Balaban J connectivity index is 1.59. The number of fused-ring (bicyclic) bond motifs is 2. The predicted molar refractivity (Wildman–Crippen MR) is 85.0 cm³/mol. The van der Waals surface area contributed by atoms with Crippen LogP contribution in [0.1, 0.15) is 45.4 Å². The fourth-order valence-corrected chi connectivity index (χ4v) is 4.20. The zero-order chi connectivity index (χ0) is 14.2. The number of ether oxygens (including phenoxy) is 1. The smallest absolute Gasteiger partial charge is 0.0939 e. The number of aliphatic imine (C=N–C) groups is 1. The Kier molecular flexibility index (Phi) is 3.46. The summed E-state index contributed by atoms with van der Waals surface area (Å²) < 4.78 is 6.32. The minimum absolute atomic E-state index is 0.228. The van der Waals surface area contributed by atoms with Gasteiger partial charge in [-0.05, 0) is 37.0 Å². The quantitative estimate of drug-likeness (QED) is 0.770. The van der Waals surface area contributed by atoms with Crippen LogP contribution in [0.15, 0.2) is 40.2 Å². The molecule has 0 spiro atoms. The first-order valence-corrected chi connectivity index (χ1v) is 8.39. The van der Waals surface area contributed by atoms with Gasteiger partial charge in [0, 0.05) is 11.8 Å². The summed E-state index contributed by atoms with van der Waals surface area (Å²) in [7, 11) is 0. The van der Waals surface area contributed by atoms with E-state index in [2.05, 4.69) is 35.2 Å². The normalized spacial score (nSPS) is 32.2. The predicted octanol–water partition coefficient (Wildman–Crippen LogP) is 3.80. The third-order valence-corrected chi connectivity index (χ3v) is 5.28. The molecule has 0 N–H and O–H groups in total. The van der Waals surface area contributed by atoms with E-state index in [9.17, 15) is 0 Å². The van der Waals surface area contributed by atoms with Crippen LogP contribution < -0.4 is 0 Å². The third-order valence-electron chi connectivity index (χ3n) is 5.28. The second-order valence-corrected chi connectivity index (χ2v) is 6.67. The second-order valence-electron chi connectivity index (χ2n) is 6.67. The molecule has 1 aliphatic carbocycles. The highest BCUT2D eigenvalue weighted by atomic mass is 16.5. The van der Waals surface area contributed by atoms with Crippen LogP contribution in [0.2, 0.25) is 0 Å². The molecule has 112 valence electrons. The van der Waals surface area contributed by atoms with E-state index in [4.69, 9.17) is 4.74 Å². The van der Waals surface area contributed by atoms with Gasteiger partial charge < -0.3 is 9.64 Å². The van der Waals surface area contributed by atoms with E-state index in [0.29, 0.717) is 0 Å². The van der Waals surface area contributed by atoms with Crippen molar-refractivity contribution in [2.24, 2.45) is 10.9 Å². The van der Waals surface area contributed by atoms with Crippen LogP contribution in [-0.4, -0.2) is 30.0 Å². The summed E-state index contributed by atoms with van der Waals surface area (Å²) in [6, 6.07) is 0. The molecule has 1 unspecified atom stereocenters. The molecule has 0 radical (unpaired) electrons. The minimum Gasteiger partial charge on any atom is -0.366 e. The zero-order valence-electron chi connectivity index (χ0n) is 12.8. The maximum atomic E-state index is 6.32. The molecule has 0 saturated heterocycles. The topological polar surface area (TPSA) is 24.8 Å². The zero-order valence-corrected chi connectivity index (χ0v) is 12.8. The summed E-state index contributed by atoms with van der Waals surface area (Å²) in [4.78, 5) is 6.50. The van der Waals surface area contributed by atoms with Gasteiger partial charge >= 0.3 is 0 Å². The standard InChI is InChI=1S/C18H24N2O/c1-13-15-8-10-20-12-19-9-7-16(20)18(15)17(21-13)11-14-5-3-2-4-6-14/h7-8,10,12-14,17H,2-6,9,11H2,1H3/t13-,17?/m1/s1. The Morgan fingerprint density at radius 3 is 3.00 bits per heavy atom. The number of nitrogens with zero attached hydrogens (tertiary/aromatic N) is 2. The first-order valence-electron chi connectivity index (χ1n) is 8.39. The average molecular weight is 284 g/mol. The van der Waals surface area contributed by atoms with Crippen LogP contribution in [0.3, 0.4) is 0 Å². The number of hydrogen-bond donors (Lipinski definition) is 0. The molecule has 4 aliphatic rings. The van der Waals surface area contributed by atoms with Crippen molar-refractivity contribution in [2.45, 2.75) is 57.7 Å². The van der Waals surface area contributed by atoms with Gasteiger partial charge in [-0.15, -0.1) is 0 Å². The van der Waals surface area contributed by atoms with E-state index in [0.717, 1.165) is 12.5 Å². The van der Waals surface area contributed by atoms with E-state index < -0.39 is 0 Å². The summed E-state index contributed by atoms with van der Waals surface area (Å²) in [5, 5.41) is 0. The second kappa shape index (κ2) is 5.45. The summed E-state index contributed by atoms with van der Waals surface area (Å²) >= 11 is 0. The van der Waals surface area contributed by atoms with E-state index in [1.165, 1.54) is 55.4 Å². The first kappa shape index (κ1) is 13.3. The summed E-state index contributed by atoms with van der Waals surface area (Å²) in [6.45, 7) is 2.98. The maximum Gasteiger partial charge on any atom is 0.0939 e. The van der Waals surface area contributed by atoms with Gasteiger partial charge in [-0.1, -0.05) is 32.1 Å². The molecule has 3 heteroatoms. The molecule has 2 atom stereocenters. The molecule has 0 amide bonds. The number of hydrogen-bond acceptors (Lipinski definition) is 3. The largest absolute Gasteiger partial charge is 0.366 e. The van der Waals surface area contributed by atoms with Crippen molar-refractivity contribution in [3.63, 3.8) is 0 Å². The highest BCUT2D eigenvalue weighted by Crippen LogP contribution is 2.41. The van der Waals surface area contributed by atoms with Gasteiger partial charge in [0.2, 0.25) is 0 Å². The lowest BCUT2D eigenvalue weighted by molar-refractivity contribution is 0.0456. The molecule has 3 aliphatic heterocycles. The Bertz CT molecular complexity index is 537. The lowest BCUT2D eigenvalue weighted by Gasteiger charge is -2.30. The van der Waals surface area contributed by atoms with Crippen LogP contribution in [-0.2, 0) is 4.74 Å². The molecule has 0 bridgehead atoms. The van der Waals surface area contributed by atoms with Gasteiger partial charge in [0.25, 0.3) is 0 Å². The van der Waals surface area contributed by atoms with Crippen LogP contribution in [0.4, 0.5) is 0 Å². The van der Waals surface area contributed by atoms with E-state index in [-0.39, 0.29) is 12.2 Å². The van der Waals surface area contributed by atoms with Crippen molar-refractivity contribution in [3.05, 3.63) is 35.2 Å². The lowest BCUT2D eigenvalue weighted by Crippen LogP contribution is -2.27. The minimum atomic E-state index is 0.228. The van der Waals surface area contributed by atoms with Crippen LogP contribution in [0.5, 0.6) is 0 Å². The average Bonchev–Trinajstić information content (AvgIpc) is 2.85. The molecule has 0 aromatic rings. The SMILES string of the molecule is C[C@H]1OC(CC2CCCCC2)C2=C1C=CN1C=NCC=C21. The van der Waals surface area contributed by atoms with Gasteiger partial charge in [-0.2, -0.15) is 0 Å². The van der Waals surface area contributed by atoms with Gasteiger partial charge in [0.15, 0.2) is 0 Å². The summed E-state index contributed by atoms with van der Waals surface area (Å²) in [5.41, 5.74) is 4.13. The van der Waals surface area contributed by atoms with Crippen LogP contribution in [0.25, 0.3) is 0 Å². The molecule has 3 heterocycles. The van der Waals surface area contributed by atoms with Gasteiger partial charge in [0.1, 0.15) is 0 Å². The van der Waals surface area contributed by atoms with Crippen LogP contribution >= 0.6 is 0 Å². The molecular formula is C18H24N2O. The fraction of sp³-hybridized carbons (Fsp3) is 0.611. The monoisotopic (exact) mass is 284 g/mol. The van der Waals surface area contributed by atoms with Gasteiger partial charge in [-0.25, -0.2) is 0 Å². The van der Waals surface area contributed by atoms with Crippen molar-refractivity contribution in [1.82, 2.24) is 4.90 Å². The van der Waals surface area contributed by atoms with Crippen molar-refractivity contribution < 1.29 is 4.74 Å². The molecule has 1 fully saturated rings. The molecule has 0 aromatic heterocycles. The van der Waals surface area contributed by atoms with E-state index in [1.54, 1.807) is 0 Å². The Morgan fingerprint density at radius 1 is 1.29 bits per heavy atom. The third kappa shape index (κ3) is 2.38. The Hall–Kier alpha value is -1.35. The highest BCUT2D eigenvalue weighted by Gasteiger charge is 2.37. The summed E-state index contributed by atoms with van der Waals surface area (Å²) in [6.07, 6.45) is 17.2. The van der Waals surface area contributed by atoms with Crippen molar-refractivity contribution in [1.29, 1.82) is 0 Å². The number of rotatable bonds is 2. The van der Waals surface area contributed by atoms with Gasteiger partial charge in [0.05, 0.1) is 30.8 Å². The molecule has 21 heavy (non-hydrogen) atoms. The lowest BCUT2D eigenvalue weighted by atomic mass is 9.83. The molecule has 3 nitrogen and oxygen atoms in total. The molecular weight excluding hydrogens is 260 g/mol. The van der Waals surface area contributed by atoms with E-state index >= 15 is 0 Å². The molecule has 1 saturated carbocycles. The fourth-order valence-electron chi connectivity index (χ4n) is 4.20. The first-order chi connectivity index (χ1) is 10.3. The van der Waals surface area contributed by atoms with Crippen molar-refractivity contribution >= 4 is 6.34 Å². The highest BCUT2D eigenvalue weighted by molar-refractivity contribution is 5.68. The Labute approximate surface area is 127 Å². The van der Waals surface area contributed by atoms with Crippen molar-refractivity contribution in [2.75, 3.05) is 6.54 Å². The Morgan fingerprint density at radius 2 is 2.14 bits per heavy atom. The molecule has 4 rings (SSSR count). The maximum absolute atomic E-state index is 6.32. The summed E-state index contributed by atoms with van der Waals surface area (Å²) in [5.74, 6) is 0.847. The van der Waals surface area contributed by atoms with Crippen LogP contribution in [0, 0.1) is 5.92 Å². The van der Waals surface area contributed by atoms with Gasteiger partial charge in [-0.3, -0.25) is 4.99 Å². The van der Waals surface area contributed by atoms with E-state index in [1.807, 2.05) is 6.34 Å². The van der Waals surface area contributed by atoms with Crippen molar-refractivity contribution in [3.8, 4) is 0 Å². The molecule has 0 aromatic carbocycles.